The van der Waals surface area contributed by atoms with E-state index in [1.807, 2.05) is 6.92 Å². The van der Waals surface area contributed by atoms with Gasteiger partial charge in [-0.1, -0.05) is 25.1 Å². The van der Waals surface area contributed by atoms with E-state index in [-0.39, 0.29) is 5.56 Å². The Balaban J connectivity index is 2.99. The molecular formula is C12H16F2N2. The van der Waals surface area contributed by atoms with Crippen molar-refractivity contribution in [3.8, 4) is 0 Å². The number of halogens is 2. The van der Waals surface area contributed by atoms with Gasteiger partial charge in [0.25, 0.3) is 0 Å². The summed E-state index contributed by atoms with van der Waals surface area (Å²) >= 11 is 0. The maximum atomic E-state index is 13.5. The first-order chi connectivity index (χ1) is 7.60. The summed E-state index contributed by atoms with van der Waals surface area (Å²) in [7, 11) is 0. The average molecular weight is 226 g/mol. The van der Waals surface area contributed by atoms with E-state index in [2.05, 4.69) is 12.0 Å². The molecule has 0 aliphatic carbocycles. The topological polar surface area (TPSA) is 38.0 Å². The summed E-state index contributed by atoms with van der Waals surface area (Å²) in [6, 6.07) is 3.19. The van der Waals surface area contributed by atoms with Gasteiger partial charge in [-0.05, 0) is 25.0 Å². The molecule has 1 unspecified atom stereocenters. The highest BCUT2D eigenvalue weighted by atomic mass is 19.1. The second-order valence-electron chi connectivity index (χ2n) is 3.66. The number of nitrogens with one attached hydrogen (secondary N) is 1. The Morgan fingerprint density at radius 2 is 2.00 bits per heavy atom. The Labute approximate surface area is 94.1 Å². The fourth-order valence-electron chi connectivity index (χ4n) is 1.52. The number of benzene rings is 1. The van der Waals surface area contributed by atoms with Crippen molar-refractivity contribution in [2.75, 3.05) is 0 Å². The molecule has 1 aromatic rings. The Morgan fingerprint density at radius 1 is 1.44 bits per heavy atom. The summed E-state index contributed by atoms with van der Waals surface area (Å²) in [5.74, 6) is 4.14. The zero-order valence-corrected chi connectivity index (χ0v) is 9.26. The van der Waals surface area contributed by atoms with Crippen molar-refractivity contribution in [1.82, 2.24) is 5.43 Å². The molecule has 0 fully saturated rings. The molecule has 0 saturated heterocycles. The highest BCUT2D eigenvalue weighted by molar-refractivity contribution is 5.24. The number of nitrogens with two attached hydrogens (primary N) is 1. The van der Waals surface area contributed by atoms with Crippen molar-refractivity contribution in [2.24, 2.45) is 5.84 Å². The predicted molar refractivity (Wildman–Crippen MR) is 60.5 cm³/mol. The minimum absolute atomic E-state index is 0.0281. The molecule has 0 radical (unpaired) electrons. The highest BCUT2D eigenvalue weighted by Crippen LogP contribution is 2.25. The van der Waals surface area contributed by atoms with E-state index in [4.69, 9.17) is 5.84 Å². The van der Waals surface area contributed by atoms with Gasteiger partial charge >= 0.3 is 0 Å². The summed E-state index contributed by atoms with van der Waals surface area (Å²) in [4.78, 5) is 0. The van der Waals surface area contributed by atoms with Crippen LogP contribution in [0.3, 0.4) is 0 Å². The first-order valence-corrected chi connectivity index (χ1v) is 5.16. The van der Waals surface area contributed by atoms with Gasteiger partial charge in [-0.25, -0.2) is 8.78 Å². The third-order valence-electron chi connectivity index (χ3n) is 2.54. The molecule has 0 aliphatic rings. The highest BCUT2D eigenvalue weighted by Gasteiger charge is 2.19. The van der Waals surface area contributed by atoms with Crippen LogP contribution < -0.4 is 11.3 Å². The third kappa shape index (κ3) is 2.87. The van der Waals surface area contributed by atoms with Gasteiger partial charge in [0.15, 0.2) is 0 Å². The summed E-state index contributed by atoms with van der Waals surface area (Å²) < 4.78 is 27.0. The van der Waals surface area contributed by atoms with Crippen molar-refractivity contribution in [1.29, 1.82) is 0 Å². The van der Waals surface area contributed by atoms with E-state index < -0.39 is 17.7 Å². The number of rotatable bonds is 5. The van der Waals surface area contributed by atoms with Crippen LogP contribution >= 0.6 is 0 Å². The lowest BCUT2D eigenvalue weighted by Crippen LogP contribution is -2.29. The molecule has 4 heteroatoms. The van der Waals surface area contributed by atoms with Gasteiger partial charge in [0, 0.05) is 5.56 Å². The fourth-order valence-corrected chi connectivity index (χ4v) is 1.52. The Kier molecular flexibility index (Phi) is 4.58. The summed E-state index contributed by atoms with van der Waals surface area (Å²) in [5, 5.41) is 0. The summed E-state index contributed by atoms with van der Waals surface area (Å²) in [5.41, 5.74) is 3.29. The van der Waals surface area contributed by atoms with Gasteiger partial charge in [-0.3, -0.25) is 11.3 Å². The first-order valence-electron chi connectivity index (χ1n) is 5.16. The molecule has 1 rings (SSSR count). The molecule has 1 aromatic carbocycles. The molecule has 0 heterocycles. The van der Waals surface area contributed by atoms with E-state index in [9.17, 15) is 8.78 Å². The van der Waals surface area contributed by atoms with Crippen molar-refractivity contribution >= 4 is 0 Å². The molecule has 88 valence electrons. The molecule has 0 aliphatic heterocycles. The Morgan fingerprint density at radius 3 is 2.44 bits per heavy atom. The van der Waals surface area contributed by atoms with Gasteiger partial charge in [0.05, 0.1) is 6.04 Å². The van der Waals surface area contributed by atoms with Crippen LogP contribution in [0, 0.1) is 11.6 Å². The lowest BCUT2D eigenvalue weighted by molar-refractivity contribution is 0.470. The molecule has 0 aromatic heterocycles. The molecule has 16 heavy (non-hydrogen) atoms. The van der Waals surface area contributed by atoms with Crippen LogP contribution in [0.4, 0.5) is 8.78 Å². The second kappa shape index (κ2) is 5.72. The second-order valence-corrected chi connectivity index (χ2v) is 3.66. The molecule has 0 saturated carbocycles. The normalized spacial score (nSPS) is 12.5. The van der Waals surface area contributed by atoms with Crippen LogP contribution in [0.5, 0.6) is 0 Å². The maximum absolute atomic E-state index is 13.5. The van der Waals surface area contributed by atoms with E-state index in [1.165, 1.54) is 18.2 Å². The zero-order valence-electron chi connectivity index (χ0n) is 9.26. The number of hydrogen-bond acceptors (Lipinski definition) is 2. The van der Waals surface area contributed by atoms with Gasteiger partial charge in [-0.2, -0.15) is 0 Å². The summed E-state index contributed by atoms with van der Waals surface area (Å²) in [6.07, 6.45) is 1.18. The van der Waals surface area contributed by atoms with Crippen LogP contribution in [0.1, 0.15) is 31.4 Å². The number of hydrazine groups is 1. The smallest absolute Gasteiger partial charge is 0.130 e. The minimum Gasteiger partial charge on any atom is -0.271 e. The van der Waals surface area contributed by atoms with Gasteiger partial charge < -0.3 is 0 Å². The molecular weight excluding hydrogens is 210 g/mol. The largest absolute Gasteiger partial charge is 0.271 e. The van der Waals surface area contributed by atoms with Crippen LogP contribution in [-0.2, 0) is 0 Å². The van der Waals surface area contributed by atoms with E-state index in [0.29, 0.717) is 6.42 Å². The molecule has 0 bridgehead atoms. The van der Waals surface area contributed by atoms with Crippen LogP contribution in [0.15, 0.2) is 30.4 Å². The van der Waals surface area contributed by atoms with Gasteiger partial charge in [0.1, 0.15) is 11.6 Å². The fraction of sp³-hybridized carbons (Fsp3) is 0.333. The monoisotopic (exact) mass is 226 g/mol. The SMILES string of the molecule is C=C(CC)CC(NN)c1c(F)cccc1F. The zero-order chi connectivity index (χ0) is 12.1. The standard InChI is InChI=1S/C12H16F2N2/c1-3-8(2)7-11(16-15)12-9(13)5-4-6-10(12)14/h4-6,11,16H,2-3,7,15H2,1H3. The quantitative estimate of drug-likeness (QED) is 0.460. The van der Waals surface area contributed by atoms with E-state index in [1.54, 1.807) is 0 Å². The first kappa shape index (κ1) is 12.8. The van der Waals surface area contributed by atoms with Crippen molar-refractivity contribution in [2.45, 2.75) is 25.8 Å². The molecule has 0 amide bonds. The van der Waals surface area contributed by atoms with Crippen molar-refractivity contribution < 1.29 is 8.78 Å². The van der Waals surface area contributed by atoms with Crippen LogP contribution in [0.2, 0.25) is 0 Å². The van der Waals surface area contributed by atoms with E-state index >= 15 is 0 Å². The lowest BCUT2D eigenvalue weighted by Gasteiger charge is -2.18. The van der Waals surface area contributed by atoms with E-state index in [0.717, 1.165) is 12.0 Å². The molecule has 2 nitrogen and oxygen atoms in total. The molecule has 3 N–H and O–H groups in total. The lowest BCUT2D eigenvalue weighted by atomic mass is 9.98. The maximum Gasteiger partial charge on any atom is 0.130 e. The molecule has 1 atom stereocenters. The average Bonchev–Trinajstić information content (AvgIpc) is 2.27. The Bertz CT molecular complexity index is 357. The van der Waals surface area contributed by atoms with Gasteiger partial charge in [0.2, 0.25) is 0 Å². The van der Waals surface area contributed by atoms with Gasteiger partial charge in [-0.15, -0.1) is 0 Å². The summed E-state index contributed by atoms with van der Waals surface area (Å²) in [6.45, 7) is 5.74. The van der Waals surface area contributed by atoms with Crippen LogP contribution in [-0.4, -0.2) is 0 Å². The molecule has 0 spiro atoms. The minimum atomic E-state index is -0.591. The van der Waals surface area contributed by atoms with Crippen LogP contribution in [0.25, 0.3) is 0 Å². The predicted octanol–water partition coefficient (Wildman–Crippen LogP) is 2.83. The number of hydrogen-bond donors (Lipinski definition) is 2. The Hall–Kier alpha value is -1.26. The van der Waals surface area contributed by atoms with Crippen molar-refractivity contribution in [3.05, 3.63) is 47.5 Å². The van der Waals surface area contributed by atoms with Crippen molar-refractivity contribution in [3.63, 3.8) is 0 Å². The third-order valence-corrected chi connectivity index (χ3v) is 2.54.